The van der Waals surface area contributed by atoms with Crippen LogP contribution >= 0.6 is 0 Å². The summed E-state index contributed by atoms with van der Waals surface area (Å²) in [4.78, 5) is 28.3. The largest absolute Gasteiger partial charge is 0.457 e. The van der Waals surface area contributed by atoms with Crippen LogP contribution in [0.15, 0.2) is 66.9 Å². The van der Waals surface area contributed by atoms with E-state index < -0.39 is 5.91 Å². The van der Waals surface area contributed by atoms with Crippen molar-refractivity contribution in [1.82, 2.24) is 10.3 Å². The average Bonchev–Trinajstić information content (AvgIpc) is 2.72. The summed E-state index contributed by atoms with van der Waals surface area (Å²) in [5.41, 5.74) is 1.77. The molecule has 0 saturated heterocycles. The van der Waals surface area contributed by atoms with Gasteiger partial charge in [-0.1, -0.05) is 18.2 Å². The maximum atomic E-state index is 12.6. The second-order valence-corrected chi connectivity index (χ2v) is 6.04. The van der Waals surface area contributed by atoms with Crippen molar-refractivity contribution in [2.24, 2.45) is 0 Å². The van der Waals surface area contributed by atoms with Gasteiger partial charge >= 0.3 is 0 Å². The van der Waals surface area contributed by atoms with Crippen molar-refractivity contribution in [1.29, 1.82) is 0 Å². The summed E-state index contributed by atoms with van der Waals surface area (Å²) in [6.07, 6.45) is 1.46. The van der Waals surface area contributed by atoms with Gasteiger partial charge in [0.2, 0.25) is 0 Å². The van der Waals surface area contributed by atoms with E-state index in [9.17, 15) is 14.8 Å². The number of anilines is 1. The Hall–Kier alpha value is -3.71. The van der Waals surface area contributed by atoms with Gasteiger partial charge in [0.05, 0.1) is 5.69 Å². The number of ether oxygens (including phenoxy) is 1. The van der Waals surface area contributed by atoms with E-state index >= 15 is 0 Å². The Morgan fingerprint density at radius 3 is 2.54 bits per heavy atom. The Morgan fingerprint density at radius 1 is 1.04 bits per heavy atom. The minimum Gasteiger partial charge on any atom is -0.457 e. The van der Waals surface area contributed by atoms with E-state index in [-0.39, 0.29) is 17.2 Å². The van der Waals surface area contributed by atoms with Gasteiger partial charge in [-0.15, -0.1) is 0 Å². The molecule has 3 rings (SSSR count). The second kappa shape index (κ2) is 8.32. The predicted octanol–water partition coefficient (Wildman–Crippen LogP) is 3.58. The van der Waals surface area contributed by atoms with Crippen LogP contribution in [0.2, 0.25) is 0 Å². The molecule has 0 aliphatic rings. The summed E-state index contributed by atoms with van der Waals surface area (Å²) in [7, 11) is 1.52. The van der Waals surface area contributed by atoms with Crippen LogP contribution in [0.25, 0.3) is 0 Å². The number of carbonyl (C=O) groups is 2. The fourth-order valence-corrected chi connectivity index (χ4v) is 2.55. The first-order valence-electron chi connectivity index (χ1n) is 8.54. The smallest absolute Gasteiger partial charge is 0.282 e. The van der Waals surface area contributed by atoms with E-state index in [0.717, 1.165) is 5.56 Å². The normalized spacial score (nSPS) is 10.2. The lowest BCUT2D eigenvalue weighted by atomic mass is 10.1. The lowest BCUT2D eigenvalue weighted by Gasteiger charge is -2.16. The molecule has 28 heavy (non-hydrogen) atoms. The maximum absolute atomic E-state index is 12.6. The molecule has 7 heteroatoms. The average molecular weight is 377 g/mol. The van der Waals surface area contributed by atoms with Gasteiger partial charge in [-0.2, -0.15) is 5.06 Å². The number of amides is 2. The van der Waals surface area contributed by atoms with E-state index in [0.29, 0.717) is 22.2 Å². The Labute approximate surface area is 162 Å². The molecule has 0 fully saturated rings. The van der Waals surface area contributed by atoms with Crippen LogP contribution in [0.3, 0.4) is 0 Å². The van der Waals surface area contributed by atoms with E-state index in [2.05, 4.69) is 10.3 Å². The lowest BCUT2D eigenvalue weighted by molar-refractivity contribution is 0.0854. The molecule has 0 unspecified atom stereocenters. The Bertz CT molecular complexity index is 1020. The first-order valence-corrected chi connectivity index (χ1v) is 8.54. The number of nitrogens with zero attached hydrogens (tertiary/aromatic N) is 2. The molecule has 3 aromatic rings. The molecular formula is C21H19N3O4. The predicted molar refractivity (Wildman–Crippen MR) is 104 cm³/mol. The summed E-state index contributed by atoms with van der Waals surface area (Å²) in [5.74, 6) is -0.129. The van der Waals surface area contributed by atoms with Gasteiger partial charge in [0.1, 0.15) is 17.2 Å². The van der Waals surface area contributed by atoms with Crippen LogP contribution < -0.4 is 15.1 Å². The number of pyridine rings is 1. The quantitative estimate of drug-likeness (QED) is 0.524. The summed E-state index contributed by atoms with van der Waals surface area (Å²) in [6, 6.07) is 16.5. The van der Waals surface area contributed by atoms with Crippen molar-refractivity contribution in [2.75, 3.05) is 12.1 Å². The van der Waals surface area contributed by atoms with Gasteiger partial charge in [0, 0.05) is 24.9 Å². The van der Waals surface area contributed by atoms with Gasteiger partial charge in [0.25, 0.3) is 11.8 Å². The number of aryl methyl sites for hydroxylation is 1. The van der Waals surface area contributed by atoms with E-state index in [1.807, 2.05) is 13.0 Å². The third-order valence-corrected chi connectivity index (χ3v) is 3.95. The van der Waals surface area contributed by atoms with Crippen LogP contribution in [-0.4, -0.2) is 29.1 Å². The SMILES string of the molecule is CNC(=O)c1cc(Oc2cccc(C(=O)N(O)c3cccc(C)c3)c2)ccn1. The van der Waals surface area contributed by atoms with Gasteiger partial charge in [-0.05, 0) is 48.9 Å². The first kappa shape index (κ1) is 19.1. The number of carbonyl (C=O) groups excluding carboxylic acids is 2. The Kier molecular flexibility index (Phi) is 5.67. The van der Waals surface area contributed by atoms with E-state index in [1.165, 1.54) is 25.4 Å². The molecule has 0 bridgehead atoms. The van der Waals surface area contributed by atoms with Gasteiger partial charge in [-0.3, -0.25) is 19.8 Å². The lowest BCUT2D eigenvalue weighted by Crippen LogP contribution is -2.26. The summed E-state index contributed by atoms with van der Waals surface area (Å²) < 4.78 is 5.74. The van der Waals surface area contributed by atoms with Crippen LogP contribution in [0, 0.1) is 6.92 Å². The molecule has 0 radical (unpaired) electrons. The third kappa shape index (κ3) is 4.33. The molecule has 2 aromatic carbocycles. The molecular weight excluding hydrogens is 358 g/mol. The molecule has 0 saturated carbocycles. The molecule has 2 N–H and O–H groups in total. The van der Waals surface area contributed by atoms with Crippen LogP contribution in [0.5, 0.6) is 11.5 Å². The molecule has 0 aliphatic carbocycles. The summed E-state index contributed by atoms with van der Waals surface area (Å²) in [6.45, 7) is 1.87. The monoisotopic (exact) mass is 377 g/mol. The summed E-state index contributed by atoms with van der Waals surface area (Å²) in [5, 5.41) is 13.4. The highest BCUT2D eigenvalue weighted by Crippen LogP contribution is 2.24. The highest BCUT2D eigenvalue weighted by atomic mass is 16.5. The third-order valence-electron chi connectivity index (χ3n) is 3.95. The fraction of sp³-hybridized carbons (Fsp3) is 0.0952. The van der Waals surface area contributed by atoms with Crippen molar-refractivity contribution in [2.45, 2.75) is 6.92 Å². The molecule has 0 spiro atoms. The highest BCUT2D eigenvalue weighted by molar-refractivity contribution is 6.04. The van der Waals surface area contributed by atoms with Crippen molar-refractivity contribution in [3.8, 4) is 11.5 Å². The molecule has 0 aliphatic heterocycles. The zero-order chi connectivity index (χ0) is 20.1. The van der Waals surface area contributed by atoms with Crippen molar-refractivity contribution in [3.05, 3.63) is 83.7 Å². The number of hydrogen-bond donors (Lipinski definition) is 2. The number of hydroxylamine groups is 1. The van der Waals surface area contributed by atoms with Gasteiger partial charge < -0.3 is 10.1 Å². The first-order chi connectivity index (χ1) is 13.5. The minimum absolute atomic E-state index is 0.216. The standard InChI is InChI=1S/C21H19N3O4/c1-14-5-3-7-16(11-14)24(27)21(26)15-6-4-8-17(12-15)28-18-9-10-23-19(13-18)20(25)22-2/h3-13,27H,1-2H3,(H,22,25). The maximum Gasteiger partial charge on any atom is 0.282 e. The second-order valence-electron chi connectivity index (χ2n) is 6.04. The fourth-order valence-electron chi connectivity index (χ4n) is 2.55. The zero-order valence-corrected chi connectivity index (χ0v) is 15.4. The highest BCUT2D eigenvalue weighted by Gasteiger charge is 2.17. The van der Waals surface area contributed by atoms with Gasteiger partial charge in [-0.25, -0.2) is 0 Å². The zero-order valence-electron chi connectivity index (χ0n) is 15.4. The van der Waals surface area contributed by atoms with Crippen LogP contribution in [-0.2, 0) is 0 Å². The Morgan fingerprint density at radius 2 is 1.79 bits per heavy atom. The number of nitrogens with one attached hydrogen (secondary N) is 1. The molecule has 142 valence electrons. The number of hydrogen-bond acceptors (Lipinski definition) is 5. The summed E-state index contributed by atoms with van der Waals surface area (Å²) >= 11 is 0. The topological polar surface area (TPSA) is 91.8 Å². The van der Waals surface area contributed by atoms with Crippen molar-refractivity contribution >= 4 is 17.5 Å². The van der Waals surface area contributed by atoms with Crippen molar-refractivity contribution < 1.29 is 19.5 Å². The van der Waals surface area contributed by atoms with Crippen LogP contribution in [0.1, 0.15) is 26.4 Å². The molecule has 2 amide bonds. The number of benzene rings is 2. The number of rotatable bonds is 5. The molecule has 7 nitrogen and oxygen atoms in total. The molecule has 1 heterocycles. The minimum atomic E-state index is -0.586. The van der Waals surface area contributed by atoms with Crippen LogP contribution in [0.4, 0.5) is 5.69 Å². The molecule has 0 atom stereocenters. The van der Waals surface area contributed by atoms with E-state index in [1.54, 1.807) is 42.5 Å². The Balaban J connectivity index is 1.80. The van der Waals surface area contributed by atoms with Crippen molar-refractivity contribution in [3.63, 3.8) is 0 Å². The van der Waals surface area contributed by atoms with Gasteiger partial charge in [0.15, 0.2) is 0 Å². The molecule has 1 aromatic heterocycles. The number of aromatic nitrogens is 1. The van der Waals surface area contributed by atoms with E-state index in [4.69, 9.17) is 4.74 Å².